The van der Waals surface area contributed by atoms with Gasteiger partial charge in [-0.2, -0.15) is 0 Å². The Bertz CT molecular complexity index is 644. The molecular weight excluding hydrogens is 493 g/mol. The number of benzene rings is 1. The van der Waals surface area contributed by atoms with Crippen molar-refractivity contribution in [2.45, 2.75) is 19.3 Å². The second-order valence-corrected chi connectivity index (χ2v) is 7.82. The number of rotatable bonds is 7. The standard InChI is InChI=1S/C22H35N5O2.HI/c1-23-22(24-9-12-26-13-15-29-16-14-26)25-18-21(28)27-10-7-20(8-11-27)17-19-5-3-2-4-6-19;/h2-6,20H,7-18H2,1H3,(H2,23,24,25);1H. The number of amides is 1. The fourth-order valence-electron chi connectivity index (χ4n) is 3.98. The summed E-state index contributed by atoms with van der Waals surface area (Å²) >= 11 is 0. The molecule has 2 N–H and O–H groups in total. The molecule has 0 bridgehead atoms. The van der Waals surface area contributed by atoms with E-state index in [2.05, 4.69) is 50.9 Å². The quantitative estimate of drug-likeness (QED) is 0.319. The van der Waals surface area contributed by atoms with Gasteiger partial charge in [-0.15, -0.1) is 24.0 Å². The van der Waals surface area contributed by atoms with Crippen LogP contribution in [0.4, 0.5) is 0 Å². The van der Waals surface area contributed by atoms with E-state index < -0.39 is 0 Å². The second-order valence-electron chi connectivity index (χ2n) is 7.82. The van der Waals surface area contributed by atoms with E-state index in [1.807, 2.05) is 4.90 Å². The van der Waals surface area contributed by atoms with Gasteiger partial charge < -0.3 is 20.3 Å². The summed E-state index contributed by atoms with van der Waals surface area (Å²) in [6, 6.07) is 10.6. The summed E-state index contributed by atoms with van der Waals surface area (Å²) in [5, 5.41) is 6.45. The number of halogens is 1. The molecule has 1 aromatic carbocycles. The van der Waals surface area contributed by atoms with Crippen LogP contribution in [0.25, 0.3) is 0 Å². The summed E-state index contributed by atoms with van der Waals surface area (Å²) in [5.74, 6) is 1.51. The van der Waals surface area contributed by atoms with Crippen LogP contribution in [-0.4, -0.2) is 87.7 Å². The van der Waals surface area contributed by atoms with Crippen molar-refractivity contribution in [3.63, 3.8) is 0 Å². The molecule has 2 saturated heterocycles. The fourth-order valence-corrected chi connectivity index (χ4v) is 3.98. The molecule has 0 radical (unpaired) electrons. The van der Waals surface area contributed by atoms with E-state index in [4.69, 9.17) is 4.74 Å². The number of piperidine rings is 1. The van der Waals surface area contributed by atoms with Crippen LogP contribution in [0.5, 0.6) is 0 Å². The van der Waals surface area contributed by atoms with E-state index in [1.54, 1.807) is 7.05 Å². The molecule has 2 aliphatic rings. The van der Waals surface area contributed by atoms with Gasteiger partial charge in [-0.25, -0.2) is 0 Å². The highest BCUT2D eigenvalue weighted by Crippen LogP contribution is 2.21. The zero-order valence-electron chi connectivity index (χ0n) is 18.0. The molecule has 2 fully saturated rings. The molecule has 3 rings (SSSR count). The van der Waals surface area contributed by atoms with Crippen LogP contribution < -0.4 is 10.6 Å². The first-order valence-corrected chi connectivity index (χ1v) is 10.8. The maximum atomic E-state index is 12.6. The van der Waals surface area contributed by atoms with Crippen LogP contribution in [0.2, 0.25) is 0 Å². The molecule has 0 atom stereocenters. The third kappa shape index (κ3) is 8.39. The highest BCUT2D eigenvalue weighted by molar-refractivity contribution is 14.0. The van der Waals surface area contributed by atoms with Crippen molar-refractivity contribution in [2.24, 2.45) is 10.9 Å². The predicted molar refractivity (Wildman–Crippen MR) is 131 cm³/mol. The molecule has 1 aromatic rings. The molecule has 0 saturated carbocycles. The van der Waals surface area contributed by atoms with E-state index in [1.165, 1.54) is 5.56 Å². The van der Waals surface area contributed by atoms with Crippen molar-refractivity contribution in [1.82, 2.24) is 20.4 Å². The van der Waals surface area contributed by atoms with Gasteiger partial charge in [-0.05, 0) is 30.7 Å². The molecule has 168 valence electrons. The summed E-state index contributed by atoms with van der Waals surface area (Å²) in [6.07, 6.45) is 3.27. The van der Waals surface area contributed by atoms with Crippen LogP contribution in [0, 0.1) is 5.92 Å². The summed E-state index contributed by atoms with van der Waals surface area (Å²) < 4.78 is 5.37. The lowest BCUT2D eigenvalue weighted by atomic mass is 9.90. The Morgan fingerprint density at radius 3 is 2.47 bits per heavy atom. The molecule has 7 nitrogen and oxygen atoms in total. The molecule has 8 heteroatoms. The highest BCUT2D eigenvalue weighted by atomic mass is 127. The van der Waals surface area contributed by atoms with E-state index in [-0.39, 0.29) is 29.9 Å². The summed E-state index contributed by atoms with van der Waals surface area (Å²) in [6.45, 7) is 7.32. The van der Waals surface area contributed by atoms with Crippen molar-refractivity contribution < 1.29 is 9.53 Å². The highest BCUT2D eigenvalue weighted by Gasteiger charge is 2.23. The van der Waals surface area contributed by atoms with Crippen LogP contribution >= 0.6 is 24.0 Å². The van der Waals surface area contributed by atoms with Gasteiger partial charge in [0.1, 0.15) is 0 Å². The number of aliphatic imine (C=N–C) groups is 1. The first-order valence-electron chi connectivity index (χ1n) is 10.8. The number of morpholine rings is 1. The minimum Gasteiger partial charge on any atom is -0.379 e. The van der Waals surface area contributed by atoms with Gasteiger partial charge in [0.05, 0.1) is 19.8 Å². The Kier molecular flexibility index (Phi) is 11.5. The number of hydrogen-bond donors (Lipinski definition) is 2. The first kappa shape index (κ1) is 24.9. The molecule has 30 heavy (non-hydrogen) atoms. The molecule has 2 heterocycles. The number of guanidine groups is 1. The van der Waals surface area contributed by atoms with Gasteiger partial charge in [0.2, 0.25) is 5.91 Å². The minimum absolute atomic E-state index is 0. The van der Waals surface area contributed by atoms with Gasteiger partial charge in [0.25, 0.3) is 0 Å². The second kappa shape index (κ2) is 13.8. The molecule has 2 aliphatic heterocycles. The molecule has 0 aliphatic carbocycles. The number of carbonyl (C=O) groups excluding carboxylic acids is 1. The van der Waals surface area contributed by atoms with Crippen LogP contribution in [-0.2, 0) is 16.0 Å². The average molecular weight is 529 g/mol. The Balaban J connectivity index is 0.00000320. The number of nitrogens with zero attached hydrogens (tertiary/aromatic N) is 3. The lowest BCUT2D eigenvalue weighted by Crippen LogP contribution is -2.48. The Hall–Kier alpha value is -1.39. The fraction of sp³-hybridized carbons (Fsp3) is 0.636. The molecular formula is C22H36IN5O2. The largest absolute Gasteiger partial charge is 0.379 e. The van der Waals surface area contributed by atoms with Crippen molar-refractivity contribution in [3.05, 3.63) is 35.9 Å². The van der Waals surface area contributed by atoms with Crippen molar-refractivity contribution in [3.8, 4) is 0 Å². The normalized spacial score (nSPS) is 18.6. The monoisotopic (exact) mass is 529 g/mol. The smallest absolute Gasteiger partial charge is 0.241 e. The van der Waals surface area contributed by atoms with E-state index in [0.29, 0.717) is 18.4 Å². The molecule has 1 amide bonds. The summed E-state index contributed by atoms with van der Waals surface area (Å²) in [5.41, 5.74) is 1.39. The Morgan fingerprint density at radius 1 is 1.10 bits per heavy atom. The van der Waals surface area contributed by atoms with Gasteiger partial charge in [0.15, 0.2) is 5.96 Å². The maximum absolute atomic E-state index is 12.6. The van der Waals surface area contributed by atoms with Gasteiger partial charge in [-0.1, -0.05) is 30.3 Å². The third-order valence-electron chi connectivity index (χ3n) is 5.79. The topological polar surface area (TPSA) is 69.2 Å². The lowest BCUT2D eigenvalue weighted by Gasteiger charge is -2.32. The summed E-state index contributed by atoms with van der Waals surface area (Å²) in [7, 11) is 1.74. The van der Waals surface area contributed by atoms with Crippen LogP contribution in [0.3, 0.4) is 0 Å². The average Bonchev–Trinajstić information content (AvgIpc) is 2.78. The van der Waals surface area contributed by atoms with Gasteiger partial charge >= 0.3 is 0 Å². The van der Waals surface area contributed by atoms with Gasteiger partial charge in [-0.3, -0.25) is 14.7 Å². The van der Waals surface area contributed by atoms with E-state index in [0.717, 1.165) is 71.7 Å². The van der Waals surface area contributed by atoms with Crippen LogP contribution in [0.15, 0.2) is 35.3 Å². The maximum Gasteiger partial charge on any atom is 0.241 e. The third-order valence-corrected chi connectivity index (χ3v) is 5.79. The molecule has 0 aromatic heterocycles. The predicted octanol–water partition coefficient (Wildman–Crippen LogP) is 1.58. The van der Waals surface area contributed by atoms with Crippen molar-refractivity contribution in [2.75, 3.05) is 66.1 Å². The van der Waals surface area contributed by atoms with Crippen molar-refractivity contribution in [1.29, 1.82) is 0 Å². The van der Waals surface area contributed by atoms with Crippen LogP contribution in [0.1, 0.15) is 18.4 Å². The Morgan fingerprint density at radius 2 is 1.80 bits per heavy atom. The van der Waals surface area contributed by atoms with Crippen molar-refractivity contribution >= 4 is 35.8 Å². The zero-order valence-corrected chi connectivity index (χ0v) is 20.3. The molecule has 0 unspecified atom stereocenters. The molecule has 0 spiro atoms. The van der Waals surface area contributed by atoms with E-state index in [9.17, 15) is 4.79 Å². The number of carbonyl (C=O) groups is 1. The Labute approximate surface area is 197 Å². The zero-order chi connectivity index (χ0) is 20.3. The van der Waals surface area contributed by atoms with Gasteiger partial charge in [0, 0.05) is 46.3 Å². The summed E-state index contributed by atoms with van der Waals surface area (Å²) in [4.78, 5) is 21.1. The number of likely N-dealkylation sites (tertiary alicyclic amines) is 1. The lowest BCUT2D eigenvalue weighted by molar-refractivity contribution is -0.131. The number of ether oxygens (including phenoxy) is 1. The number of nitrogens with one attached hydrogen (secondary N) is 2. The first-order chi connectivity index (χ1) is 14.2. The van der Waals surface area contributed by atoms with E-state index >= 15 is 0 Å². The minimum atomic E-state index is 0. The SMILES string of the molecule is CN=C(NCCN1CCOCC1)NCC(=O)N1CCC(Cc2ccccc2)CC1.I. The number of hydrogen-bond acceptors (Lipinski definition) is 4.